The van der Waals surface area contributed by atoms with E-state index >= 15 is 0 Å². The van der Waals surface area contributed by atoms with Gasteiger partial charge in [-0.2, -0.15) is 5.10 Å². The number of nitrogens with one attached hydrogen (secondary N) is 2. The topological polar surface area (TPSA) is 128 Å². The third-order valence-corrected chi connectivity index (χ3v) is 6.70. The molecule has 0 spiro atoms. The summed E-state index contributed by atoms with van der Waals surface area (Å²) in [4.78, 5) is 31.8. The number of nitrogens with zero attached hydrogens (tertiary/aromatic N) is 5. The van der Waals surface area contributed by atoms with Crippen LogP contribution in [0.4, 0.5) is 10.2 Å². The maximum atomic E-state index is 14.2. The maximum Gasteiger partial charge on any atom is 0.362 e. The Hall–Kier alpha value is -5.76. The normalized spacial score (nSPS) is 11.8. The predicted molar refractivity (Wildman–Crippen MR) is 151 cm³/mol. The summed E-state index contributed by atoms with van der Waals surface area (Å²) in [5.74, 6) is 5.40. The molecule has 1 unspecified atom stereocenters. The van der Waals surface area contributed by atoms with E-state index in [9.17, 15) is 14.0 Å². The number of H-pyrrole nitrogens is 1. The van der Waals surface area contributed by atoms with Gasteiger partial charge in [0.25, 0.3) is 11.5 Å². The third kappa shape index (κ3) is 4.68. The molecule has 0 radical (unpaired) electrons. The average molecular weight is 548 g/mol. The van der Waals surface area contributed by atoms with Gasteiger partial charge in [0.2, 0.25) is 0 Å². The van der Waals surface area contributed by atoms with Crippen molar-refractivity contribution in [3.05, 3.63) is 118 Å². The number of aromatic nitrogens is 6. The molecule has 0 fully saturated rings. The molecule has 41 heavy (non-hydrogen) atoms. The number of amides is 1. The molecule has 6 rings (SSSR count). The van der Waals surface area contributed by atoms with E-state index in [0.717, 1.165) is 0 Å². The maximum absolute atomic E-state index is 14.2. The van der Waals surface area contributed by atoms with Crippen LogP contribution < -0.4 is 21.1 Å². The van der Waals surface area contributed by atoms with Crippen molar-refractivity contribution >= 4 is 28.1 Å². The van der Waals surface area contributed by atoms with Crippen molar-refractivity contribution in [2.24, 2.45) is 7.05 Å². The Bertz CT molecular complexity index is 2080. The molecule has 2 aromatic carbocycles. The van der Waals surface area contributed by atoms with Gasteiger partial charge < -0.3 is 11.1 Å². The summed E-state index contributed by atoms with van der Waals surface area (Å²) in [5.41, 5.74) is 8.46. The number of fused-ring (bicyclic) bond motifs is 2. The molecule has 1 atom stereocenters. The molecule has 0 saturated carbocycles. The van der Waals surface area contributed by atoms with Crippen LogP contribution in [0.1, 0.15) is 40.1 Å². The molecule has 10 nitrogen and oxygen atoms in total. The zero-order valence-corrected chi connectivity index (χ0v) is 22.1. The fourth-order valence-corrected chi connectivity index (χ4v) is 4.81. The summed E-state index contributed by atoms with van der Waals surface area (Å²) < 4.78 is 18.5. The molecular weight excluding hydrogens is 523 g/mol. The van der Waals surface area contributed by atoms with Gasteiger partial charge in [-0.15, -0.1) is 4.52 Å². The minimum Gasteiger partial charge on any atom is -0.382 e. The number of nitrogen functional groups attached to an aromatic ring is 1. The number of halogens is 1. The van der Waals surface area contributed by atoms with Gasteiger partial charge in [-0.1, -0.05) is 24.0 Å². The van der Waals surface area contributed by atoms with Gasteiger partial charge in [0.1, 0.15) is 18.2 Å². The van der Waals surface area contributed by atoms with Crippen LogP contribution in [0.15, 0.2) is 84.2 Å². The summed E-state index contributed by atoms with van der Waals surface area (Å²) >= 11 is 0. The van der Waals surface area contributed by atoms with E-state index in [4.69, 9.17) is 5.73 Å². The lowest BCUT2D eigenvalue weighted by Crippen LogP contribution is -2.33. The Morgan fingerprint density at radius 3 is 2.73 bits per heavy atom. The number of hydrogen-bond donors (Lipinski definition) is 3. The highest BCUT2D eigenvalue weighted by molar-refractivity contribution is 6.03. The minimum absolute atomic E-state index is 0.152. The van der Waals surface area contributed by atoms with E-state index in [-0.39, 0.29) is 16.9 Å². The number of anilines is 1. The summed E-state index contributed by atoms with van der Waals surface area (Å²) in [7, 11) is 1.80. The smallest absolute Gasteiger partial charge is 0.362 e. The number of carbonyl (C=O) groups excluding carboxylic acids is 1. The molecule has 6 aromatic rings. The SMILES string of the molecule is CC(NC(=O)c1c(N)[nH][n+]2cccnc12)c1cc2cccc(C#Cc3cnn(C)c3)c2c(=O)n1-c1ccc(F)cc1. The number of benzene rings is 2. The van der Waals surface area contributed by atoms with Crippen LogP contribution in [0.5, 0.6) is 0 Å². The van der Waals surface area contributed by atoms with Crippen LogP contribution in [0.2, 0.25) is 0 Å². The van der Waals surface area contributed by atoms with Gasteiger partial charge >= 0.3 is 5.65 Å². The highest BCUT2D eigenvalue weighted by Gasteiger charge is 2.27. The largest absolute Gasteiger partial charge is 0.382 e. The Morgan fingerprint density at radius 2 is 1.98 bits per heavy atom. The van der Waals surface area contributed by atoms with Crippen LogP contribution in [0, 0.1) is 17.7 Å². The second-order valence-corrected chi connectivity index (χ2v) is 9.52. The molecule has 0 aliphatic carbocycles. The number of aryl methyl sites for hydroxylation is 1. The zero-order chi connectivity index (χ0) is 28.7. The molecule has 202 valence electrons. The Morgan fingerprint density at radius 1 is 1.17 bits per heavy atom. The van der Waals surface area contributed by atoms with E-state index in [0.29, 0.717) is 38.9 Å². The van der Waals surface area contributed by atoms with Gasteiger partial charge in [0.05, 0.1) is 23.2 Å². The summed E-state index contributed by atoms with van der Waals surface area (Å²) in [6.07, 6.45) is 6.69. The first kappa shape index (κ1) is 25.5. The fraction of sp³-hybridized carbons (Fsp3) is 0.100. The predicted octanol–water partition coefficient (Wildman–Crippen LogP) is 2.80. The van der Waals surface area contributed by atoms with Gasteiger partial charge in [0.15, 0.2) is 11.4 Å². The van der Waals surface area contributed by atoms with Crippen molar-refractivity contribution in [1.82, 2.24) is 29.7 Å². The summed E-state index contributed by atoms with van der Waals surface area (Å²) in [5, 5.41) is 11.0. The van der Waals surface area contributed by atoms with Crippen LogP contribution in [-0.4, -0.2) is 30.3 Å². The van der Waals surface area contributed by atoms with Crippen molar-refractivity contribution in [1.29, 1.82) is 0 Å². The minimum atomic E-state index is -0.659. The van der Waals surface area contributed by atoms with Gasteiger partial charge in [-0.05, 0) is 53.7 Å². The third-order valence-electron chi connectivity index (χ3n) is 6.70. The van der Waals surface area contributed by atoms with E-state index in [1.165, 1.54) is 28.8 Å². The van der Waals surface area contributed by atoms with Crippen LogP contribution in [-0.2, 0) is 7.05 Å². The van der Waals surface area contributed by atoms with E-state index < -0.39 is 17.8 Å². The number of nitrogens with two attached hydrogens (primary N) is 1. The second-order valence-electron chi connectivity index (χ2n) is 9.52. The standard InChI is InChI=1S/C30H23FN8O2/c1-18(35-29(40)26-27(32)36-38-14-4-13-33-28(26)38)24-15-21-6-3-5-20(8-7-19-16-34-37(2)17-19)25(21)30(41)39(24)23-11-9-22(31)10-12-23/h3-6,9-18H,1-2H3,(H3,32,35,36,40)/p+1. The quantitative estimate of drug-likeness (QED) is 0.231. The highest BCUT2D eigenvalue weighted by atomic mass is 19.1. The first-order valence-corrected chi connectivity index (χ1v) is 12.7. The number of carbonyl (C=O) groups is 1. The van der Waals surface area contributed by atoms with Gasteiger partial charge in [0, 0.05) is 36.3 Å². The summed E-state index contributed by atoms with van der Waals surface area (Å²) in [6.45, 7) is 1.76. The van der Waals surface area contributed by atoms with E-state index in [1.54, 1.807) is 60.1 Å². The number of hydrogen-bond acceptors (Lipinski definition) is 5. The molecule has 4 N–H and O–H groups in total. The number of rotatable bonds is 4. The molecule has 0 aliphatic rings. The lowest BCUT2D eigenvalue weighted by Gasteiger charge is -2.21. The summed E-state index contributed by atoms with van der Waals surface area (Å²) in [6, 6.07) is 13.9. The molecule has 4 aromatic heterocycles. The van der Waals surface area contributed by atoms with Crippen molar-refractivity contribution in [2.45, 2.75) is 13.0 Å². The van der Waals surface area contributed by atoms with Crippen LogP contribution in [0.3, 0.4) is 0 Å². The average Bonchev–Trinajstić information content (AvgIpc) is 3.53. The van der Waals surface area contributed by atoms with E-state index in [1.807, 2.05) is 18.2 Å². The van der Waals surface area contributed by atoms with Crippen molar-refractivity contribution in [2.75, 3.05) is 5.73 Å². The molecule has 0 bridgehead atoms. The van der Waals surface area contributed by atoms with Gasteiger partial charge in [-0.25, -0.2) is 9.49 Å². The molecule has 0 saturated heterocycles. The molecular formula is C30H24FN8O2+. The van der Waals surface area contributed by atoms with Crippen molar-refractivity contribution in [3.8, 4) is 17.5 Å². The lowest BCUT2D eigenvalue weighted by molar-refractivity contribution is -0.577. The number of aromatic amines is 1. The number of pyridine rings is 1. The highest BCUT2D eigenvalue weighted by Crippen LogP contribution is 2.24. The molecule has 0 aliphatic heterocycles. The first-order valence-electron chi connectivity index (χ1n) is 12.7. The Balaban J connectivity index is 1.49. The first-order chi connectivity index (χ1) is 19.8. The Kier molecular flexibility index (Phi) is 6.28. The Labute approximate surface area is 232 Å². The van der Waals surface area contributed by atoms with Crippen molar-refractivity contribution in [3.63, 3.8) is 0 Å². The molecule has 1 amide bonds. The van der Waals surface area contributed by atoms with E-state index in [2.05, 4.69) is 32.3 Å². The fourth-order valence-electron chi connectivity index (χ4n) is 4.81. The molecule has 11 heteroatoms. The lowest BCUT2D eigenvalue weighted by atomic mass is 10.0. The second kappa shape index (κ2) is 10.1. The van der Waals surface area contributed by atoms with Crippen LogP contribution >= 0.6 is 0 Å². The monoisotopic (exact) mass is 547 g/mol. The van der Waals surface area contributed by atoms with Crippen LogP contribution in [0.25, 0.3) is 22.1 Å². The van der Waals surface area contributed by atoms with Gasteiger partial charge in [-0.3, -0.25) is 18.8 Å². The van der Waals surface area contributed by atoms with Crippen molar-refractivity contribution < 1.29 is 13.7 Å². The zero-order valence-electron chi connectivity index (χ0n) is 22.1. The molecule has 4 heterocycles.